The predicted molar refractivity (Wildman–Crippen MR) is 106 cm³/mol. The molecule has 0 atom stereocenters. The fourth-order valence-corrected chi connectivity index (χ4v) is 4.26. The standard InChI is InChI=1S/C20H20N4O2S/c1-14-7-8-17(13-15(14)2)27(25,26)23-19-9-10-20(22-21-19)24-12-11-16-5-3-4-6-18(16)24/h3-10,13H,11-12H2,1-2H3,(H,21,23). The van der Waals surface area contributed by atoms with Crippen LogP contribution in [0.2, 0.25) is 0 Å². The van der Waals surface area contributed by atoms with E-state index in [0.29, 0.717) is 5.82 Å². The summed E-state index contributed by atoms with van der Waals surface area (Å²) >= 11 is 0. The third-order valence-corrected chi connectivity index (χ3v) is 6.19. The molecule has 3 aromatic rings. The second-order valence-corrected chi connectivity index (χ2v) is 8.34. The van der Waals surface area contributed by atoms with Gasteiger partial charge < -0.3 is 4.90 Å². The zero-order chi connectivity index (χ0) is 19.0. The van der Waals surface area contributed by atoms with Gasteiger partial charge in [0.25, 0.3) is 10.0 Å². The largest absolute Gasteiger partial charge is 0.324 e. The molecule has 0 unspecified atom stereocenters. The number of aromatic nitrogens is 2. The normalized spacial score (nSPS) is 13.5. The highest BCUT2D eigenvalue weighted by Gasteiger charge is 2.21. The molecule has 7 heteroatoms. The Balaban J connectivity index is 1.55. The molecular weight excluding hydrogens is 360 g/mol. The van der Waals surface area contributed by atoms with E-state index in [-0.39, 0.29) is 10.7 Å². The molecule has 1 aliphatic rings. The lowest BCUT2D eigenvalue weighted by molar-refractivity contribution is 0.601. The third kappa shape index (κ3) is 3.38. The molecule has 0 spiro atoms. The van der Waals surface area contributed by atoms with Crippen molar-refractivity contribution in [2.24, 2.45) is 0 Å². The number of hydrogen-bond donors (Lipinski definition) is 1. The first kappa shape index (κ1) is 17.5. The Hall–Kier alpha value is -2.93. The van der Waals surface area contributed by atoms with E-state index in [1.54, 1.807) is 30.3 Å². The van der Waals surface area contributed by atoms with Crippen LogP contribution in [0.15, 0.2) is 59.5 Å². The van der Waals surface area contributed by atoms with Gasteiger partial charge in [-0.3, -0.25) is 4.72 Å². The van der Waals surface area contributed by atoms with Gasteiger partial charge in [-0.15, -0.1) is 10.2 Å². The molecule has 4 rings (SSSR count). The number of aryl methyl sites for hydroxylation is 2. The molecule has 0 radical (unpaired) electrons. The van der Waals surface area contributed by atoms with Crippen LogP contribution in [-0.2, 0) is 16.4 Å². The molecule has 6 nitrogen and oxygen atoms in total. The van der Waals surface area contributed by atoms with E-state index in [4.69, 9.17) is 0 Å². The molecule has 0 fully saturated rings. The summed E-state index contributed by atoms with van der Waals surface area (Å²) in [7, 11) is -3.70. The molecular formula is C20H20N4O2S. The van der Waals surface area contributed by atoms with E-state index in [1.807, 2.05) is 26.0 Å². The molecule has 2 aromatic carbocycles. The fraction of sp³-hybridized carbons (Fsp3) is 0.200. The van der Waals surface area contributed by atoms with Gasteiger partial charge in [0.05, 0.1) is 4.90 Å². The van der Waals surface area contributed by atoms with Gasteiger partial charge in [-0.2, -0.15) is 0 Å². The summed E-state index contributed by atoms with van der Waals surface area (Å²) < 4.78 is 27.7. The van der Waals surface area contributed by atoms with Crippen molar-refractivity contribution in [1.82, 2.24) is 10.2 Å². The van der Waals surface area contributed by atoms with Gasteiger partial charge >= 0.3 is 0 Å². The maximum atomic E-state index is 12.6. The minimum Gasteiger partial charge on any atom is -0.324 e. The second-order valence-electron chi connectivity index (χ2n) is 6.66. The van der Waals surface area contributed by atoms with Gasteiger partial charge in [-0.05, 0) is 67.3 Å². The number of nitrogens with zero attached hydrogens (tertiary/aromatic N) is 3. The molecule has 0 amide bonds. The van der Waals surface area contributed by atoms with Gasteiger partial charge in [0.1, 0.15) is 0 Å². The highest BCUT2D eigenvalue weighted by atomic mass is 32.2. The van der Waals surface area contributed by atoms with E-state index in [0.717, 1.165) is 29.8 Å². The summed E-state index contributed by atoms with van der Waals surface area (Å²) in [4.78, 5) is 2.30. The minimum atomic E-state index is -3.70. The number of nitrogens with one attached hydrogen (secondary N) is 1. The molecule has 1 aliphatic heterocycles. The van der Waals surface area contributed by atoms with Crippen molar-refractivity contribution in [3.05, 3.63) is 71.3 Å². The summed E-state index contributed by atoms with van der Waals surface area (Å²) in [6, 6.07) is 16.7. The smallest absolute Gasteiger partial charge is 0.263 e. The number of benzene rings is 2. The molecule has 27 heavy (non-hydrogen) atoms. The van der Waals surface area contributed by atoms with E-state index in [1.165, 1.54) is 5.56 Å². The van der Waals surface area contributed by atoms with Gasteiger partial charge in [0.2, 0.25) is 0 Å². The maximum Gasteiger partial charge on any atom is 0.263 e. The van der Waals surface area contributed by atoms with Crippen LogP contribution in [0.4, 0.5) is 17.3 Å². The van der Waals surface area contributed by atoms with Crippen molar-refractivity contribution in [2.45, 2.75) is 25.2 Å². The first-order valence-corrected chi connectivity index (χ1v) is 10.2. The lowest BCUT2D eigenvalue weighted by Crippen LogP contribution is -2.17. The number of anilines is 3. The summed E-state index contributed by atoms with van der Waals surface area (Å²) in [5.41, 5.74) is 4.37. The van der Waals surface area contributed by atoms with Crippen molar-refractivity contribution in [1.29, 1.82) is 0 Å². The Morgan fingerprint density at radius 2 is 1.78 bits per heavy atom. The Labute approximate surface area is 158 Å². The number of hydrogen-bond acceptors (Lipinski definition) is 5. The van der Waals surface area contributed by atoms with E-state index in [9.17, 15) is 8.42 Å². The first-order valence-electron chi connectivity index (χ1n) is 8.73. The number of para-hydroxylation sites is 1. The van der Waals surface area contributed by atoms with Crippen molar-refractivity contribution < 1.29 is 8.42 Å². The Bertz CT molecular complexity index is 1100. The van der Waals surface area contributed by atoms with Crippen LogP contribution in [-0.4, -0.2) is 25.2 Å². The molecule has 0 bridgehead atoms. The summed E-state index contributed by atoms with van der Waals surface area (Å²) in [6.07, 6.45) is 0.957. The average molecular weight is 380 g/mol. The predicted octanol–water partition coefficient (Wildman–Crippen LogP) is 3.59. The first-order chi connectivity index (χ1) is 12.9. The van der Waals surface area contributed by atoms with Crippen molar-refractivity contribution in [2.75, 3.05) is 16.2 Å². The van der Waals surface area contributed by atoms with Crippen molar-refractivity contribution >= 4 is 27.3 Å². The maximum absolute atomic E-state index is 12.6. The summed E-state index contributed by atoms with van der Waals surface area (Å²) in [6.45, 7) is 4.67. The number of fused-ring (bicyclic) bond motifs is 1. The Morgan fingerprint density at radius 3 is 2.52 bits per heavy atom. The van der Waals surface area contributed by atoms with Crippen LogP contribution in [0.25, 0.3) is 0 Å². The van der Waals surface area contributed by atoms with Gasteiger partial charge in [-0.1, -0.05) is 24.3 Å². The van der Waals surface area contributed by atoms with E-state index >= 15 is 0 Å². The van der Waals surface area contributed by atoms with Gasteiger partial charge in [-0.25, -0.2) is 8.42 Å². The molecule has 0 saturated heterocycles. The monoisotopic (exact) mass is 380 g/mol. The molecule has 0 saturated carbocycles. The van der Waals surface area contributed by atoms with Crippen LogP contribution in [0.5, 0.6) is 0 Å². The van der Waals surface area contributed by atoms with Gasteiger partial charge in [0.15, 0.2) is 11.6 Å². The lowest BCUT2D eigenvalue weighted by Gasteiger charge is -2.17. The third-order valence-electron chi connectivity index (χ3n) is 4.84. The molecule has 1 aromatic heterocycles. The second kappa shape index (κ2) is 6.66. The topological polar surface area (TPSA) is 75.2 Å². The van der Waals surface area contributed by atoms with Gasteiger partial charge in [0, 0.05) is 12.2 Å². The van der Waals surface area contributed by atoms with Crippen LogP contribution in [0.3, 0.4) is 0 Å². The zero-order valence-electron chi connectivity index (χ0n) is 15.2. The fourth-order valence-electron chi connectivity index (χ4n) is 3.18. The molecule has 1 N–H and O–H groups in total. The van der Waals surface area contributed by atoms with Crippen LogP contribution < -0.4 is 9.62 Å². The molecule has 0 aliphatic carbocycles. The zero-order valence-corrected chi connectivity index (χ0v) is 16.0. The van der Waals surface area contributed by atoms with Crippen LogP contribution in [0, 0.1) is 13.8 Å². The highest BCUT2D eigenvalue weighted by Crippen LogP contribution is 2.33. The Morgan fingerprint density at radius 1 is 0.963 bits per heavy atom. The minimum absolute atomic E-state index is 0.199. The SMILES string of the molecule is Cc1ccc(S(=O)(=O)Nc2ccc(N3CCc4ccccc43)nn2)cc1C. The summed E-state index contributed by atoms with van der Waals surface area (Å²) in [5, 5.41) is 8.28. The highest BCUT2D eigenvalue weighted by molar-refractivity contribution is 7.92. The van der Waals surface area contributed by atoms with E-state index < -0.39 is 10.0 Å². The van der Waals surface area contributed by atoms with Crippen LogP contribution in [0.1, 0.15) is 16.7 Å². The van der Waals surface area contributed by atoms with Crippen molar-refractivity contribution in [3.63, 3.8) is 0 Å². The number of rotatable bonds is 4. The van der Waals surface area contributed by atoms with Crippen LogP contribution >= 0.6 is 0 Å². The van der Waals surface area contributed by atoms with E-state index in [2.05, 4.69) is 32.0 Å². The number of sulfonamides is 1. The molecule has 138 valence electrons. The van der Waals surface area contributed by atoms with Crippen molar-refractivity contribution in [3.8, 4) is 0 Å². The molecule has 2 heterocycles. The lowest BCUT2D eigenvalue weighted by atomic mass is 10.1. The average Bonchev–Trinajstić information content (AvgIpc) is 3.08. The summed E-state index contributed by atoms with van der Waals surface area (Å²) in [5.74, 6) is 0.901. The Kier molecular flexibility index (Phi) is 4.31. The quantitative estimate of drug-likeness (QED) is 0.749.